The summed E-state index contributed by atoms with van der Waals surface area (Å²) in [4.78, 5) is 14.0. The van der Waals surface area contributed by atoms with Gasteiger partial charge in [-0.2, -0.15) is 0 Å². The van der Waals surface area contributed by atoms with Gasteiger partial charge in [0.25, 0.3) is 10.0 Å². The molecule has 186 valence electrons. The van der Waals surface area contributed by atoms with E-state index in [0.29, 0.717) is 19.1 Å². The number of halogens is 1. The second-order valence-electron chi connectivity index (χ2n) is 9.41. The standard InChI is InChI=1S/C25H27FN2O6S/c26-18-3-6-22(16(10-18)2-1-8-28-9-7-15(12-28)13-29)35(32,33)27-21-5-4-19-20-11-17(20)14-34-24(19)23(21)25(30)31/h1-6,10,15,17,20,27,29H,7-9,11-14H2,(H,30,31)/t15-,17-,20-/m0/s1. The van der Waals surface area contributed by atoms with Crippen molar-refractivity contribution in [2.24, 2.45) is 11.8 Å². The largest absolute Gasteiger partial charge is 0.492 e. The molecule has 1 aliphatic carbocycles. The molecule has 0 amide bonds. The zero-order valence-corrected chi connectivity index (χ0v) is 19.8. The van der Waals surface area contributed by atoms with Crippen LogP contribution in [0, 0.1) is 17.7 Å². The summed E-state index contributed by atoms with van der Waals surface area (Å²) >= 11 is 0. The molecule has 2 aromatic carbocycles. The number of carbonyl (C=O) groups is 1. The first kappa shape index (κ1) is 23.8. The maximum Gasteiger partial charge on any atom is 0.341 e. The molecule has 2 aliphatic heterocycles. The van der Waals surface area contributed by atoms with Gasteiger partial charge >= 0.3 is 5.97 Å². The van der Waals surface area contributed by atoms with Gasteiger partial charge in [-0.1, -0.05) is 18.2 Å². The van der Waals surface area contributed by atoms with Crippen molar-refractivity contribution in [2.45, 2.75) is 23.7 Å². The molecule has 2 aromatic rings. The van der Waals surface area contributed by atoms with Crippen LogP contribution in [0.25, 0.3) is 6.08 Å². The van der Waals surface area contributed by atoms with E-state index in [9.17, 15) is 27.8 Å². The highest BCUT2D eigenvalue weighted by Gasteiger charge is 2.45. The number of fused-ring (bicyclic) bond motifs is 3. The monoisotopic (exact) mass is 502 g/mol. The van der Waals surface area contributed by atoms with Crippen LogP contribution >= 0.6 is 0 Å². The summed E-state index contributed by atoms with van der Waals surface area (Å²) in [5.41, 5.74) is 0.629. The van der Waals surface area contributed by atoms with Gasteiger partial charge in [0, 0.05) is 25.6 Å². The van der Waals surface area contributed by atoms with Crippen molar-refractivity contribution in [2.75, 3.05) is 37.6 Å². The summed E-state index contributed by atoms with van der Waals surface area (Å²) in [5, 5.41) is 19.1. The summed E-state index contributed by atoms with van der Waals surface area (Å²) in [6, 6.07) is 6.52. The Hall–Kier alpha value is -2.95. The number of benzene rings is 2. The van der Waals surface area contributed by atoms with Gasteiger partial charge in [-0.25, -0.2) is 17.6 Å². The molecule has 2 fully saturated rings. The molecule has 0 aromatic heterocycles. The lowest BCUT2D eigenvalue weighted by Crippen LogP contribution is -2.21. The highest BCUT2D eigenvalue weighted by Crippen LogP contribution is 2.55. The van der Waals surface area contributed by atoms with Crippen LogP contribution in [-0.4, -0.2) is 62.3 Å². The van der Waals surface area contributed by atoms with Gasteiger partial charge in [-0.3, -0.25) is 9.62 Å². The van der Waals surface area contributed by atoms with Gasteiger partial charge in [0.05, 0.1) is 17.2 Å². The average molecular weight is 503 g/mol. The Morgan fingerprint density at radius 1 is 1.29 bits per heavy atom. The highest BCUT2D eigenvalue weighted by molar-refractivity contribution is 7.92. The van der Waals surface area contributed by atoms with Crippen LogP contribution in [0.3, 0.4) is 0 Å². The third kappa shape index (κ3) is 4.78. The Morgan fingerprint density at radius 3 is 2.86 bits per heavy atom. The van der Waals surface area contributed by atoms with E-state index < -0.39 is 21.8 Å². The number of aliphatic hydroxyl groups is 1. The molecular weight excluding hydrogens is 475 g/mol. The van der Waals surface area contributed by atoms with Crippen LogP contribution in [0.15, 0.2) is 41.3 Å². The van der Waals surface area contributed by atoms with Crippen LogP contribution in [0.4, 0.5) is 10.1 Å². The minimum absolute atomic E-state index is 0.0956. The topological polar surface area (TPSA) is 116 Å². The molecule has 35 heavy (non-hydrogen) atoms. The second-order valence-corrected chi connectivity index (χ2v) is 11.1. The quantitative estimate of drug-likeness (QED) is 0.508. The van der Waals surface area contributed by atoms with Crippen molar-refractivity contribution in [3.05, 3.63) is 58.9 Å². The smallest absolute Gasteiger partial charge is 0.341 e. The predicted octanol–water partition coefficient (Wildman–Crippen LogP) is 3.15. The number of nitrogens with zero attached hydrogens (tertiary/aromatic N) is 1. The Bertz CT molecular complexity index is 1300. The maximum absolute atomic E-state index is 14.0. The lowest BCUT2D eigenvalue weighted by atomic mass is 10.0. The third-order valence-electron chi connectivity index (χ3n) is 6.96. The van der Waals surface area contributed by atoms with Crippen molar-refractivity contribution in [3.63, 3.8) is 0 Å². The molecular formula is C25H27FN2O6S. The number of anilines is 1. The van der Waals surface area contributed by atoms with E-state index >= 15 is 0 Å². The van der Waals surface area contributed by atoms with Crippen LogP contribution in [-0.2, 0) is 10.0 Å². The lowest BCUT2D eigenvalue weighted by Gasteiger charge is -2.21. The number of aromatic carboxylic acids is 1. The van der Waals surface area contributed by atoms with E-state index in [1.54, 1.807) is 18.2 Å². The maximum atomic E-state index is 14.0. The molecule has 0 unspecified atom stereocenters. The summed E-state index contributed by atoms with van der Waals surface area (Å²) < 4.78 is 48.7. The van der Waals surface area contributed by atoms with Crippen LogP contribution in [0.5, 0.6) is 5.75 Å². The number of rotatable bonds is 8. The van der Waals surface area contributed by atoms with E-state index in [1.165, 1.54) is 12.1 Å². The fourth-order valence-electron chi connectivity index (χ4n) is 5.00. The first-order valence-corrected chi connectivity index (χ1v) is 13.1. The number of carboxylic acids is 1. The predicted molar refractivity (Wildman–Crippen MR) is 128 cm³/mol. The average Bonchev–Trinajstić information content (AvgIpc) is 3.47. The molecule has 3 atom stereocenters. The second kappa shape index (κ2) is 9.25. The van der Waals surface area contributed by atoms with E-state index in [2.05, 4.69) is 9.62 Å². The van der Waals surface area contributed by atoms with E-state index in [1.807, 2.05) is 0 Å². The van der Waals surface area contributed by atoms with Crippen molar-refractivity contribution < 1.29 is 32.6 Å². The fraction of sp³-hybridized carbons (Fsp3) is 0.400. The zero-order chi connectivity index (χ0) is 24.7. The molecule has 5 rings (SSSR count). The van der Waals surface area contributed by atoms with E-state index in [-0.39, 0.29) is 45.9 Å². The molecule has 1 saturated heterocycles. The number of likely N-dealkylation sites (tertiary alicyclic amines) is 1. The number of carboxylic acid groups (broad SMARTS) is 1. The van der Waals surface area contributed by atoms with Gasteiger partial charge in [-0.15, -0.1) is 0 Å². The van der Waals surface area contributed by atoms with Crippen molar-refractivity contribution in [1.29, 1.82) is 0 Å². The normalized spacial score (nSPS) is 23.5. The lowest BCUT2D eigenvalue weighted by molar-refractivity contribution is 0.0692. The summed E-state index contributed by atoms with van der Waals surface area (Å²) in [6.07, 6.45) is 5.13. The van der Waals surface area contributed by atoms with Crippen LogP contribution < -0.4 is 9.46 Å². The van der Waals surface area contributed by atoms with Crippen LogP contribution in [0.2, 0.25) is 0 Å². The van der Waals surface area contributed by atoms with Gasteiger partial charge in [0.2, 0.25) is 0 Å². The Morgan fingerprint density at radius 2 is 2.11 bits per heavy atom. The minimum Gasteiger partial charge on any atom is -0.492 e. The number of aliphatic hydroxyl groups excluding tert-OH is 1. The molecule has 2 heterocycles. The first-order valence-electron chi connectivity index (χ1n) is 11.6. The number of nitrogens with one attached hydrogen (secondary N) is 1. The zero-order valence-electron chi connectivity index (χ0n) is 19.0. The first-order chi connectivity index (χ1) is 16.8. The molecule has 0 radical (unpaired) electrons. The van der Waals surface area contributed by atoms with Crippen LogP contribution in [0.1, 0.15) is 40.2 Å². The molecule has 1 saturated carbocycles. The third-order valence-corrected chi connectivity index (χ3v) is 8.40. The van der Waals surface area contributed by atoms with E-state index in [0.717, 1.165) is 43.6 Å². The molecule has 3 aliphatic rings. The minimum atomic E-state index is -4.24. The SMILES string of the molecule is O=C(O)c1c(NS(=O)(=O)c2ccc(F)cc2C=CCN2CC[C@H](CO)C2)ccc2c1OC[C@@H]1C[C@H]21. The Kier molecular flexibility index (Phi) is 6.29. The Balaban J connectivity index is 1.42. The van der Waals surface area contributed by atoms with Crippen molar-refractivity contribution >= 4 is 27.8 Å². The number of hydrogen-bond donors (Lipinski definition) is 3. The summed E-state index contributed by atoms with van der Waals surface area (Å²) in [7, 11) is -4.24. The molecule has 0 spiro atoms. The van der Waals surface area contributed by atoms with E-state index in [4.69, 9.17) is 4.74 Å². The van der Waals surface area contributed by atoms with Gasteiger partial charge < -0.3 is 14.9 Å². The highest BCUT2D eigenvalue weighted by atomic mass is 32.2. The molecule has 3 N–H and O–H groups in total. The van der Waals surface area contributed by atoms with Gasteiger partial charge in [-0.05, 0) is 66.6 Å². The molecule has 8 nitrogen and oxygen atoms in total. The molecule has 0 bridgehead atoms. The van der Waals surface area contributed by atoms with Gasteiger partial charge in [0.15, 0.2) is 0 Å². The van der Waals surface area contributed by atoms with Gasteiger partial charge in [0.1, 0.15) is 17.1 Å². The summed E-state index contributed by atoms with van der Waals surface area (Å²) in [6.45, 7) is 2.65. The fourth-order valence-corrected chi connectivity index (χ4v) is 6.25. The summed E-state index contributed by atoms with van der Waals surface area (Å²) in [5.74, 6) is -0.799. The Labute approximate surface area is 203 Å². The number of ether oxygens (including phenoxy) is 1. The molecule has 10 heteroatoms. The number of sulfonamides is 1. The van der Waals surface area contributed by atoms with Crippen molar-refractivity contribution in [3.8, 4) is 5.75 Å². The number of hydrogen-bond acceptors (Lipinski definition) is 6. The van der Waals surface area contributed by atoms with Crippen molar-refractivity contribution in [1.82, 2.24) is 4.90 Å².